The van der Waals surface area contributed by atoms with Gasteiger partial charge in [0.05, 0.1) is 10.4 Å². The lowest BCUT2D eigenvalue weighted by atomic mass is 9.82. The topological polar surface area (TPSA) is 122 Å². The van der Waals surface area contributed by atoms with Crippen LogP contribution in [-0.2, 0) is 15.4 Å². The van der Waals surface area contributed by atoms with Gasteiger partial charge >= 0.3 is 0 Å². The highest BCUT2D eigenvalue weighted by molar-refractivity contribution is 7.89. The molecule has 8 nitrogen and oxygen atoms in total. The fourth-order valence-corrected chi connectivity index (χ4v) is 5.92. The maximum absolute atomic E-state index is 12.8. The molecule has 1 aliphatic carbocycles. The van der Waals surface area contributed by atoms with Crippen molar-refractivity contribution in [3.63, 3.8) is 0 Å². The first-order valence-electron chi connectivity index (χ1n) is 13.2. The number of nitrogens with zero attached hydrogens (tertiary/aromatic N) is 2. The Labute approximate surface area is 220 Å². The van der Waals surface area contributed by atoms with E-state index < -0.39 is 10.0 Å². The minimum absolute atomic E-state index is 0.00665. The SMILES string of the molecule is CC(C)(C)c1ccc(S(=O)(=O)NCC2CCC(CNc3nc(NCCN)c4ccccc4n3)CC2)cc1. The number of aromatic nitrogens is 2. The number of para-hydroxylation sites is 1. The monoisotopic (exact) mass is 524 g/mol. The van der Waals surface area contributed by atoms with Crippen LogP contribution in [0.5, 0.6) is 0 Å². The van der Waals surface area contributed by atoms with Crippen LogP contribution in [0.1, 0.15) is 52.0 Å². The molecule has 200 valence electrons. The fraction of sp³-hybridized carbons (Fsp3) is 0.500. The molecule has 0 atom stereocenters. The van der Waals surface area contributed by atoms with Gasteiger partial charge < -0.3 is 16.4 Å². The zero-order valence-electron chi connectivity index (χ0n) is 22.1. The summed E-state index contributed by atoms with van der Waals surface area (Å²) in [4.78, 5) is 9.68. The summed E-state index contributed by atoms with van der Waals surface area (Å²) in [5, 5.41) is 7.70. The van der Waals surface area contributed by atoms with E-state index in [1.165, 1.54) is 0 Å². The van der Waals surface area contributed by atoms with Crippen molar-refractivity contribution in [2.45, 2.75) is 56.8 Å². The molecule has 0 saturated heterocycles. The van der Waals surface area contributed by atoms with Crippen molar-refractivity contribution in [1.82, 2.24) is 14.7 Å². The molecule has 9 heteroatoms. The predicted octanol–water partition coefficient (Wildman–Crippen LogP) is 4.49. The van der Waals surface area contributed by atoms with Crippen molar-refractivity contribution in [2.24, 2.45) is 17.6 Å². The number of nitrogens with two attached hydrogens (primary N) is 1. The van der Waals surface area contributed by atoms with Gasteiger partial charge in [0.15, 0.2) is 0 Å². The highest BCUT2D eigenvalue weighted by atomic mass is 32.2. The maximum Gasteiger partial charge on any atom is 0.240 e. The van der Waals surface area contributed by atoms with Gasteiger partial charge in [-0.2, -0.15) is 4.98 Å². The van der Waals surface area contributed by atoms with Gasteiger partial charge in [0, 0.05) is 31.6 Å². The average Bonchev–Trinajstić information content (AvgIpc) is 2.89. The van der Waals surface area contributed by atoms with Gasteiger partial charge in [-0.1, -0.05) is 45.0 Å². The molecule has 0 radical (unpaired) electrons. The average molecular weight is 525 g/mol. The minimum atomic E-state index is -3.50. The lowest BCUT2D eigenvalue weighted by Gasteiger charge is -2.28. The van der Waals surface area contributed by atoms with Crippen LogP contribution in [0.2, 0.25) is 0 Å². The molecule has 1 aliphatic rings. The van der Waals surface area contributed by atoms with E-state index in [-0.39, 0.29) is 5.41 Å². The van der Waals surface area contributed by atoms with Gasteiger partial charge in [-0.25, -0.2) is 18.1 Å². The van der Waals surface area contributed by atoms with Gasteiger partial charge in [0.25, 0.3) is 0 Å². The Morgan fingerprint density at radius 1 is 0.892 bits per heavy atom. The highest BCUT2D eigenvalue weighted by Crippen LogP contribution is 2.30. The first-order chi connectivity index (χ1) is 17.7. The Morgan fingerprint density at radius 3 is 2.19 bits per heavy atom. The second kappa shape index (κ2) is 11.8. The summed E-state index contributed by atoms with van der Waals surface area (Å²) in [7, 11) is -3.50. The van der Waals surface area contributed by atoms with Crippen LogP contribution < -0.4 is 21.1 Å². The molecule has 0 spiro atoms. The van der Waals surface area contributed by atoms with Crippen LogP contribution in [0.15, 0.2) is 53.4 Å². The van der Waals surface area contributed by atoms with E-state index in [2.05, 4.69) is 46.1 Å². The maximum atomic E-state index is 12.8. The molecule has 1 saturated carbocycles. The zero-order chi connectivity index (χ0) is 26.5. The number of benzene rings is 2. The van der Waals surface area contributed by atoms with E-state index in [9.17, 15) is 8.42 Å². The number of fused-ring (bicyclic) bond motifs is 1. The third kappa shape index (κ3) is 7.18. The number of sulfonamides is 1. The van der Waals surface area contributed by atoms with Gasteiger partial charge in [0.1, 0.15) is 5.82 Å². The zero-order valence-corrected chi connectivity index (χ0v) is 22.9. The second-order valence-corrected chi connectivity index (χ2v) is 12.8. The summed E-state index contributed by atoms with van der Waals surface area (Å²) in [6.45, 7) is 8.81. The summed E-state index contributed by atoms with van der Waals surface area (Å²) in [5.74, 6) is 2.27. The summed E-state index contributed by atoms with van der Waals surface area (Å²) in [6.07, 6.45) is 4.09. The molecule has 4 rings (SSSR count). The van der Waals surface area contributed by atoms with Crippen molar-refractivity contribution in [1.29, 1.82) is 0 Å². The van der Waals surface area contributed by atoms with E-state index in [4.69, 9.17) is 5.73 Å². The number of hydrogen-bond acceptors (Lipinski definition) is 7. The summed E-state index contributed by atoms with van der Waals surface area (Å²) < 4.78 is 28.4. The molecule has 37 heavy (non-hydrogen) atoms. The van der Waals surface area contributed by atoms with Gasteiger partial charge in [-0.15, -0.1) is 0 Å². The smallest absolute Gasteiger partial charge is 0.240 e. The van der Waals surface area contributed by atoms with Crippen LogP contribution in [0, 0.1) is 11.8 Å². The lowest BCUT2D eigenvalue weighted by Crippen LogP contribution is -2.32. The van der Waals surface area contributed by atoms with Crippen molar-refractivity contribution < 1.29 is 8.42 Å². The molecule has 1 fully saturated rings. The molecule has 2 aromatic carbocycles. The molecule has 0 amide bonds. The van der Waals surface area contributed by atoms with Gasteiger partial charge in [-0.3, -0.25) is 0 Å². The second-order valence-electron chi connectivity index (χ2n) is 11.0. The van der Waals surface area contributed by atoms with Gasteiger partial charge in [-0.05, 0) is 72.8 Å². The Balaban J connectivity index is 1.27. The van der Waals surface area contributed by atoms with E-state index in [1.54, 1.807) is 12.1 Å². The summed E-state index contributed by atoms with van der Waals surface area (Å²) in [5.41, 5.74) is 7.67. The van der Waals surface area contributed by atoms with Crippen molar-refractivity contribution in [3.05, 3.63) is 54.1 Å². The highest BCUT2D eigenvalue weighted by Gasteiger charge is 2.24. The lowest BCUT2D eigenvalue weighted by molar-refractivity contribution is 0.284. The van der Waals surface area contributed by atoms with Crippen LogP contribution in [-0.4, -0.2) is 44.6 Å². The van der Waals surface area contributed by atoms with Crippen LogP contribution in [0.4, 0.5) is 11.8 Å². The van der Waals surface area contributed by atoms with E-state index >= 15 is 0 Å². The standard InChI is InChI=1S/C28H40N6O2S/c1-28(2,3)22-12-14-23(15-13-22)37(35,36)32-19-21-10-8-20(9-11-21)18-31-27-33-25-7-5-4-6-24(25)26(34-27)30-17-16-29/h4-7,12-15,20-21,32H,8-11,16-19,29H2,1-3H3,(H2,30,31,33,34). The Kier molecular flexibility index (Phi) is 8.67. The molecule has 0 unspecified atom stereocenters. The molecular weight excluding hydrogens is 484 g/mol. The third-order valence-electron chi connectivity index (χ3n) is 7.15. The van der Waals surface area contributed by atoms with E-state index in [1.807, 2.05) is 36.4 Å². The van der Waals surface area contributed by atoms with Crippen LogP contribution in [0.25, 0.3) is 10.9 Å². The number of hydrogen-bond donors (Lipinski definition) is 4. The largest absolute Gasteiger partial charge is 0.368 e. The van der Waals surface area contributed by atoms with Crippen molar-refractivity contribution in [2.75, 3.05) is 36.8 Å². The molecule has 1 heterocycles. The minimum Gasteiger partial charge on any atom is -0.368 e. The molecule has 5 N–H and O–H groups in total. The van der Waals surface area contributed by atoms with Crippen LogP contribution in [0.3, 0.4) is 0 Å². The Morgan fingerprint density at radius 2 is 1.54 bits per heavy atom. The number of anilines is 2. The first-order valence-corrected chi connectivity index (χ1v) is 14.7. The predicted molar refractivity (Wildman–Crippen MR) is 151 cm³/mol. The molecule has 0 bridgehead atoms. The van der Waals surface area contributed by atoms with Crippen LogP contribution >= 0.6 is 0 Å². The normalized spacial score (nSPS) is 18.6. The van der Waals surface area contributed by atoms with E-state index in [0.29, 0.717) is 42.3 Å². The Hall–Kier alpha value is -2.75. The Bertz CT molecular complexity index is 1280. The van der Waals surface area contributed by atoms with E-state index in [0.717, 1.165) is 54.5 Å². The summed E-state index contributed by atoms with van der Waals surface area (Å²) in [6, 6.07) is 15.2. The summed E-state index contributed by atoms with van der Waals surface area (Å²) >= 11 is 0. The third-order valence-corrected chi connectivity index (χ3v) is 8.59. The number of rotatable bonds is 10. The fourth-order valence-electron chi connectivity index (χ4n) is 4.80. The van der Waals surface area contributed by atoms with Gasteiger partial charge in [0.2, 0.25) is 16.0 Å². The first kappa shape index (κ1) is 27.3. The van der Waals surface area contributed by atoms with Crippen molar-refractivity contribution >= 4 is 32.7 Å². The molecular formula is C28H40N6O2S. The molecule has 0 aliphatic heterocycles. The molecule has 1 aromatic heterocycles. The van der Waals surface area contributed by atoms with Crippen molar-refractivity contribution in [3.8, 4) is 0 Å². The molecule has 3 aromatic rings. The quantitative estimate of drug-likeness (QED) is 0.308. The number of nitrogens with one attached hydrogen (secondary N) is 3.